The molecule has 0 bridgehead atoms. The molecule has 1 N–H and O–H groups in total. The minimum absolute atomic E-state index is 0.0924. The lowest BCUT2D eigenvalue weighted by atomic mass is 9.87. The smallest absolute Gasteiger partial charge is 0.257 e. The second kappa shape index (κ2) is 5.43. The number of benzene rings is 1. The molecule has 2 aromatic rings. The molecule has 0 fully saturated rings. The van der Waals surface area contributed by atoms with Gasteiger partial charge in [-0.2, -0.15) is 0 Å². The van der Waals surface area contributed by atoms with Crippen molar-refractivity contribution in [1.29, 1.82) is 0 Å². The van der Waals surface area contributed by atoms with Gasteiger partial charge in [-0.1, -0.05) is 44.2 Å². The number of carbonyl (C=O) groups is 1. The third-order valence-electron chi connectivity index (χ3n) is 2.71. The molecule has 0 atom stereocenters. The molecule has 0 saturated carbocycles. The average molecular weight is 339 g/mol. The number of rotatable bonds is 2. The monoisotopic (exact) mass is 338 g/mol. The molecule has 0 saturated heterocycles. The van der Waals surface area contributed by atoms with Gasteiger partial charge in [-0.25, -0.2) is 4.98 Å². The van der Waals surface area contributed by atoms with E-state index in [4.69, 9.17) is 0 Å². The fourth-order valence-electron chi connectivity index (χ4n) is 1.60. The van der Waals surface area contributed by atoms with Crippen LogP contribution in [0.15, 0.2) is 34.2 Å². The minimum atomic E-state index is -0.137. The van der Waals surface area contributed by atoms with Crippen molar-refractivity contribution in [1.82, 2.24) is 4.98 Å². The molecule has 19 heavy (non-hydrogen) atoms. The Labute approximate surface area is 125 Å². The molecule has 100 valence electrons. The van der Waals surface area contributed by atoms with Gasteiger partial charge < -0.3 is 0 Å². The number of hydrogen-bond acceptors (Lipinski definition) is 3. The fourth-order valence-corrected chi connectivity index (χ4v) is 2.70. The molecule has 1 heterocycles. The number of anilines is 1. The first-order chi connectivity index (χ1) is 8.86. The molecule has 5 heteroatoms. The lowest BCUT2D eigenvalue weighted by Gasteiger charge is -2.18. The summed E-state index contributed by atoms with van der Waals surface area (Å²) in [6.07, 6.45) is 1.67. The first-order valence-corrected chi connectivity index (χ1v) is 7.50. The molecular weight excluding hydrogens is 324 g/mol. The lowest BCUT2D eigenvalue weighted by molar-refractivity contribution is 0.102. The van der Waals surface area contributed by atoms with Crippen molar-refractivity contribution in [2.45, 2.75) is 26.2 Å². The van der Waals surface area contributed by atoms with E-state index in [-0.39, 0.29) is 11.3 Å². The Kier molecular flexibility index (Phi) is 4.06. The summed E-state index contributed by atoms with van der Waals surface area (Å²) in [6.45, 7) is 6.44. The fraction of sp³-hybridized carbons (Fsp3) is 0.286. The van der Waals surface area contributed by atoms with Crippen molar-refractivity contribution in [3.8, 4) is 0 Å². The molecule has 1 amide bonds. The van der Waals surface area contributed by atoms with Crippen LogP contribution in [0.4, 0.5) is 5.13 Å². The zero-order chi connectivity index (χ0) is 14.0. The van der Waals surface area contributed by atoms with Crippen LogP contribution in [0.2, 0.25) is 0 Å². The van der Waals surface area contributed by atoms with Crippen LogP contribution in [0.5, 0.6) is 0 Å². The minimum Gasteiger partial charge on any atom is -0.298 e. The largest absolute Gasteiger partial charge is 0.298 e. The third-order valence-corrected chi connectivity index (χ3v) is 4.10. The topological polar surface area (TPSA) is 42.0 Å². The van der Waals surface area contributed by atoms with Gasteiger partial charge in [0, 0.05) is 5.56 Å². The maximum Gasteiger partial charge on any atom is 0.257 e. The molecule has 0 spiro atoms. The molecule has 0 aliphatic heterocycles. The summed E-state index contributed by atoms with van der Waals surface area (Å²) >= 11 is 4.71. The average Bonchev–Trinajstić information content (AvgIpc) is 2.74. The standard InChI is InChI=1S/C14H15BrN2OS/c1-14(2,3)10-6-4-9(5-7-10)12(18)17-13-16-8-11(15)19-13/h4-8H,1-3H3,(H,16,17,18). The van der Waals surface area contributed by atoms with E-state index in [1.807, 2.05) is 24.3 Å². The molecule has 0 unspecified atom stereocenters. The van der Waals surface area contributed by atoms with Crippen molar-refractivity contribution in [3.05, 3.63) is 45.4 Å². The van der Waals surface area contributed by atoms with Gasteiger partial charge >= 0.3 is 0 Å². The maximum absolute atomic E-state index is 12.0. The van der Waals surface area contributed by atoms with Crippen LogP contribution >= 0.6 is 27.3 Å². The van der Waals surface area contributed by atoms with Crippen molar-refractivity contribution < 1.29 is 4.79 Å². The number of carbonyl (C=O) groups excluding carboxylic acids is 1. The zero-order valence-corrected chi connectivity index (χ0v) is 13.4. The van der Waals surface area contributed by atoms with Crippen LogP contribution < -0.4 is 5.32 Å². The first kappa shape index (κ1) is 14.2. The number of halogens is 1. The van der Waals surface area contributed by atoms with Gasteiger partial charge in [0.15, 0.2) is 5.13 Å². The molecule has 3 nitrogen and oxygen atoms in total. The van der Waals surface area contributed by atoms with Gasteiger partial charge in [0.25, 0.3) is 5.91 Å². The third kappa shape index (κ3) is 3.64. The van der Waals surface area contributed by atoms with Gasteiger partial charge in [0.05, 0.1) is 9.98 Å². The Hall–Kier alpha value is -1.20. The van der Waals surface area contributed by atoms with Gasteiger partial charge in [-0.15, -0.1) is 0 Å². The Balaban J connectivity index is 2.12. The van der Waals surface area contributed by atoms with Crippen LogP contribution in [0.3, 0.4) is 0 Å². The van der Waals surface area contributed by atoms with Crippen molar-refractivity contribution in [2.24, 2.45) is 0 Å². The Morgan fingerprint density at radius 2 is 1.89 bits per heavy atom. The summed E-state index contributed by atoms with van der Waals surface area (Å²) in [5.41, 5.74) is 1.94. The Morgan fingerprint density at radius 3 is 2.37 bits per heavy atom. The van der Waals surface area contributed by atoms with E-state index in [2.05, 4.69) is 47.0 Å². The predicted octanol–water partition coefficient (Wildman–Crippen LogP) is 4.46. The van der Waals surface area contributed by atoms with Crippen molar-refractivity contribution in [3.63, 3.8) is 0 Å². The Bertz CT molecular complexity index is 584. The first-order valence-electron chi connectivity index (χ1n) is 5.89. The number of nitrogens with zero attached hydrogens (tertiary/aromatic N) is 1. The number of amides is 1. The van der Waals surface area contributed by atoms with Gasteiger partial charge in [0.2, 0.25) is 0 Å². The van der Waals surface area contributed by atoms with Crippen LogP contribution in [0.25, 0.3) is 0 Å². The molecule has 1 aromatic carbocycles. The quantitative estimate of drug-likeness (QED) is 0.878. The zero-order valence-electron chi connectivity index (χ0n) is 11.0. The summed E-state index contributed by atoms with van der Waals surface area (Å²) < 4.78 is 0.894. The summed E-state index contributed by atoms with van der Waals surface area (Å²) in [5.74, 6) is -0.137. The molecular formula is C14H15BrN2OS. The van der Waals surface area contributed by atoms with Crippen molar-refractivity contribution >= 4 is 38.3 Å². The number of aromatic nitrogens is 1. The number of nitrogens with one attached hydrogen (secondary N) is 1. The van der Waals surface area contributed by atoms with E-state index in [9.17, 15) is 4.79 Å². The van der Waals surface area contributed by atoms with E-state index in [0.717, 1.165) is 3.79 Å². The van der Waals surface area contributed by atoms with E-state index in [0.29, 0.717) is 10.7 Å². The molecule has 1 aromatic heterocycles. The number of hydrogen-bond donors (Lipinski definition) is 1. The normalized spacial score (nSPS) is 11.4. The number of thiazole rings is 1. The van der Waals surface area contributed by atoms with Crippen LogP contribution in [0, 0.1) is 0 Å². The molecule has 0 aliphatic carbocycles. The van der Waals surface area contributed by atoms with E-state index in [1.165, 1.54) is 16.9 Å². The predicted molar refractivity (Wildman–Crippen MR) is 82.9 cm³/mol. The van der Waals surface area contributed by atoms with Gasteiger partial charge in [-0.3, -0.25) is 10.1 Å². The highest BCUT2D eigenvalue weighted by Crippen LogP contribution is 2.25. The highest BCUT2D eigenvalue weighted by molar-refractivity contribution is 9.11. The van der Waals surface area contributed by atoms with Crippen LogP contribution in [-0.2, 0) is 5.41 Å². The lowest BCUT2D eigenvalue weighted by Crippen LogP contribution is -2.14. The van der Waals surface area contributed by atoms with E-state index in [1.54, 1.807) is 6.20 Å². The summed E-state index contributed by atoms with van der Waals surface area (Å²) in [7, 11) is 0. The van der Waals surface area contributed by atoms with Crippen molar-refractivity contribution in [2.75, 3.05) is 5.32 Å². The highest BCUT2D eigenvalue weighted by Gasteiger charge is 2.14. The molecule has 2 rings (SSSR count). The summed E-state index contributed by atoms with van der Waals surface area (Å²) in [5, 5.41) is 3.37. The maximum atomic E-state index is 12.0. The summed E-state index contributed by atoms with van der Waals surface area (Å²) in [6, 6.07) is 7.68. The van der Waals surface area contributed by atoms with E-state index >= 15 is 0 Å². The second-order valence-electron chi connectivity index (χ2n) is 5.25. The van der Waals surface area contributed by atoms with Crippen LogP contribution in [-0.4, -0.2) is 10.9 Å². The van der Waals surface area contributed by atoms with Crippen LogP contribution in [0.1, 0.15) is 36.7 Å². The van der Waals surface area contributed by atoms with Gasteiger partial charge in [0.1, 0.15) is 0 Å². The molecule has 0 radical (unpaired) electrons. The highest BCUT2D eigenvalue weighted by atomic mass is 79.9. The second-order valence-corrected chi connectivity index (χ2v) is 7.66. The summed E-state index contributed by atoms with van der Waals surface area (Å²) in [4.78, 5) is 16.1. The molecule has 0 aliphatic rings. The van der Waals surface area contributed by atoms with E-state index < -0.39 is 0 Å². The van der Waals surface area contributed by atoms with Gasteiger partial charge in [-0.05, 0) is 39.0 Å². The SMILES string of the molecule is CC(C)(C)c1ccc(C(=O)Nc2ncc(Br)s2)cc1. The Morgan fingerprint density at radius 1 is 1.26 bits per heavy atom.